The highest BCUT2D eigenvalue weighted by Gasteiger charge is 2.36. The van der Waals surface area contributed by atoms with Crippen LogP contribution in [0.3, 0.4) is 0 Å². The van der Waals surface area contributed by atoms with Gasteiger partial charge in [-0.05, 0) is 50.8 Å². The first kappa shape index (κ1) is 24.5. The van der Waals surface area contributed by atoms with E-state index in [-0.39, 0.29) is 28.5 Å². The summed E-state index contributed by atoms with van der Waals surface area (Å²) in [4.78, 5) is 12.8. The van der Waals surface area contributed by atoms with Crippen molar-refractivity contribution >= 4 is 28.1 Å². The van der Waals surface area contributed by atoms with E-state index in [9.17, 15) is 13.2 Å². The minimum Gasteiger partial charge on any atom is -0.496 e. The highest BCUT2D eigenvalue weighted by molar-refractivity contribution is 7.89. The van der Waals surface area contributed by atoms with Crippen molar-refractivity contribution in [3.05, 3.63) is 41.3 Å². The maximum Gasteiger partial charge on any atom is 0.248 e. The summed E-state index contributed by atoms with van der Waals surface area (Å²) < 4.78 is 39.1. The summed E-state index contributed by atoms with van der Waals surface area (Å²) in [5.41, 5.74) is 1.11. The van der Waals surface area contributed by atoms with Gasteiger partial charge in [0, 0.05) is 30.6 Å². The lowest BCUT2D eigenvalue weighted by Crippen LogP contribution is -2.45. The minimum absolute atomic E-state index is 0.0607. The van der Waals surface area contributed by atoms with Gasteiger partial charge in [0.05, 0.1) is 7.11 Å². The lowest BCUT2D eigenvalue weighted by atomic mass is 9.93. The van der Waals surface area contributed by atoms with Crippen molar-refractivity contribution in [2.24, 2.45) is 5.92 Å². The van der Waals surface area contributed by atoms with Crippen molar-refractivity contribution in [2.45, 2.75) is 62.8 Å². The van der Waals surface area contributed by atoms with Crippen LogP contribution < -0.4 is 10.1 Å². The molecule has 1 saturated heterocycles. The standard InChI is InChI=1S/C25H33N3O5S/c1-18-24(23(33-27-18)13-12-19-8-6-7-11-22(19)32-2)34(30,31)28-16-14-20(15-17-28)25(29)26-21-9-4-3-5-10-21/h6-8,11-13,20-21H,3-5,9-10,14-17H2,1-2H3,(H,26,29). The number of piperidine rings is 1. The van der Waals surface area contributed by atoms with Crippen molar-refractivity contribution in [1.29, 1.82) is 0 Å². The van der Waals surface area contributed by atoms with Gasteiger partial charge < -0.3 is 14.6 Å². The number of sulfonamides is 1. The number of para-hydroxylation sites is 1. The van der Waals surface area contributed by atoms with Crippen LogP contribution in [0.15, 0.2) is 33.7 Å². The molecule has 1 aromatic carbocycles. The average Bonchev–Trinajstić information content (AvgIpc) is 3.24. The van der Waals surface area contributed by atoms with Crippen LogP contribution in [0.4, 0.5) is 0 Å². The fourth-order valence-corrected chi connectivity index (χ4v) is 6.54. The molecule has 0 unspecified atom stereocenters. The third kappa shape index (κ3) is 5.36. The largest absolute Gasteiger partial charge is 0.496 e. The van der Waals surface area contributed by atoms with Crippen LogP contribution in [0.1, 0.15) is 62.0 Å². The van der Waals surface area contributed by atoms with Crippen molar-refractivity contribution in [3.63, 3.8) is 0 Å². The number of rotatable bonds is 7. The number of carbonyl (C=O) groups excluding carboxylic acids is 1. The van der Waals surface area contributed by atoms with Gasteiger partial charge in [0.1, 0.15) is 11.4 Å². The molecule has 1 aromatic heterocycles. The second-order valence-electron chi connectivity index (χ2n) is 9.06. The zero-order valence-corrected chi connectivity index (χ0v) is 20.6. The fourth-order valence-electron chi connectivity index (χ4n) is 4.82. The van der Waals surface area contributed by atoms with Crippen LogP contribution in [0.2, 0.25) is 0 Å². The topological polar surface area (TPSA) is 102 Å². The molecule has 2 aliphatic rings. The molecule has 1 amide bonds. The lowest BCUT2D eigenvalue weighted by molar-refractivity contribution is -0.127. The van der Waals surface area contributed by atoms with Crippen molar-refractivity contribution in [1.82, 2.24) is 14.8 Å². The summed E-state index contributed by atoms with van der Waals surface area (Å²) in [5.74, 6) is 0.765. The number of nitrogens with zero attached hydrogens (tertiary/aromatic N) is 2. The molecule has 0 radical (unpaired) electrons. The van der Waals surface area contributed by atoms with Gasteiger partial charge in [0.2, 0.25) is 15.9 Å². The van der Waals surface area contributed by atoms with Crippen molar-refractivity contribution in [2.75, 3.05) is 20.2 Å². The Bertz CT molecular complexity index is 1130. The fraction of sp³-hybridized carbons (Fsp3) is 0.520. The zero-order chi connectivity index (χ0) is 24.1. The SMILES string of the molecule is COc1ccccc1C=Cc1onc(C)c1S(=O)(=O)N1CCC(C(=O)NC2CCCCC2)CC1. The summed E-state index contributed by atoms with van der Waals surface area (Å²) in [7, 11) is -2.23. The van der Waals surface area contributed by atoms with Gasteiger partial charge in [0.15, 0.2) is 10.7 Å². The van der Waals surface area contributed by atoms with Gasteiger partial charge in [-0.15, -0.1) is 0 Å². The number of carbonyl (C=O) groups is 1. The van der Waals surface area contributed by atoms with E-state index in [2.05, 4.69) is 10.5 Å². The molecule has 0 spiro atoms. The summed E-state index contributed by atoms with van der Waals surface area (Å²) in [6.45, 7) is 2.22. The smallest absolute Gasteiger partial charge is 0.248 e. The predicted molar refractivity (Wildman–Crippen MR) is 130 cm³/mol. The quantitative estimate of drug-likeness (QED) is 0.633. The van der Waals surface area contributed by atoms with Gasteiger partial charge in [-0.2, -0.15) is 4.31 Å². The van der Waals surface area contributed by atoms with E-state index in [1.807, 2.05) is 24.3 Å². The molecule has 9 heteroatoms. The zero-order valence-electron chi connectivity index (χ0n) is 19.8. The summed E-state index contributed by atoms with van der Waals surface area (Å²) >= 11 is 0. The third-order valence-corrected chi connectivity index (χ3v) is 8.82. The first-order valence-electron chi connectivity index (χ1n) is 12.0. The van der Waals surface area contributed by atoms with Gasteiger partial charge in [-0.1, -0.05) is 42.6 Å². The Balaban J connectivity index is 1.44. The second-order valence-corrected chi connectivity index (χ2v) is 10.9. The molecule has 2 fully saturated rings. The molecule has 1 N–H and O–H groups in total. The molecule has 0 atom stereocenters. The Morgan fingerprint density at radius 3 is 2.53 bits per heavy atom. The average molecular weight is 488 g/mol. The van der Waals surface area contributed by atoms with Gasteiger partial charge >= 0.3 is 0 Å². The number of hydrogen-bond donors (Lipinski definition) is 1. The van der Waals surface area contributed by atoms with E-state index in [0.717, 1.165) is 31.2 Å². The molecule has 2 aromatic rings. The number of methoxy groups -OCH3 is 1. The maximum atomic E-state index is 13.5. The van der Waals surface area contributed by atoms with Gasteiger partial charge in [-0.25, -0.2) is 8.42 Å². The Kier molecular flexibility index (Phi) is 7.73. The van der Waals surface area contributed by atoms with Crippen LogP contribution in [-0.4, -0.2) is 50.0 Å². The summed E-state index contributed by atoms with van der Waals surface area (Å²) in [6, 6.07) is 7.71. The van der Waals surface area contributed by atoms with Crippen LogP contribution in [-0.2, 0) is 14.8 Å². The monoisotopic (exact) mass is 487 g/mol. The maximum absolute atomic E-state index is 13.5. The predicted octanol–water partition coefficient (Wildman–Crippen LogP) is 4.01. The lowest BCUT2D eigenvalue weighted by Gasteiger charge is -2.32. The molecular weight excluding hydrogens is 454 g/mol. The molecule has 4 rings (SSSR count). The number of ether oxygens (including phenoxy) is 1. The summed E-state index contributed by atoms with van der Waals surface area (Å²) in [5, 5.41) is 7.09. The molecule has 34 heavy (non-hydrogen) atoms. The first-order valence-corrected chi connectivity index (χ1v) is 13.4. The Morgan fingerprint density at radius 2 is 1.82 bits per heavy atom. The van der Waals surface area contributed by atoms with Crippen LogP contribution in [0, 0.1) is 12.8 Å². The molecule has 1 aliphatic carbocycles. The molecule has 1 aliphatic heterocycles. The van der Waals surface area contributed by atoms with E-state index >= 15 is 0 Å². The first-order chi connectivity index (χ1) is 16.4. The van der Waals surface area contributed by atoms with Gasteiger partial charge in [0.25, 0.3) is 0 Å². The normalized spacial score (nSPS) is 18.9. The number of benzene rings is 1. The van der Waals surface area contributed by atoms with Gasteiger partial charge in [-0.3, -0.25) is 4.79 Å². The van der Waals surface area contributed by atoms with E-state index in [0.29, 0.717) is 37.4 Å². The highest BCUT2D eigenvalue weighted by Crippen LogP contribution is 2.30. The molecule has 1 saturated carbocycles. The Labute approximate surface area is 201 Å². The van der Waals surface area contributed by atoms with Crippen LogP contribution >= 0.6 is 0 Å². The van der Waals surface area contributed by atoms with E-state index in [1.165, 1.54) is 10.7 Å². The molecule has 2 heterocycles. The molecule has 8 nitrogen and oxygen atoms in total. The summed E-state index contributed by atoms with van der Waals surface area (Å²) in [6.07, 6.45) is 10.0. The van der Waals surface area contributed by atoms with E-state index < -0.39 is 10.0 Å². The number of amides is 1. The molecular formula is C25H33N3O5S. The van der Waals surface area contributed by atoms with E-state index in [1.54, 1.807) is 26.2 Å². The van der Waals surface area contributed by atoms with Crippen molar-refractivity contribution in [3.8, 4) is 5.75 Å². The van der Waals surface area contributed by atoms with E-state index in [4.69, 9.17) is 9.26 Å². The highest BCUT2D eigenvalue weighted by atomic mass is 32.2. The number of hydrogen-bond acceptors (Lipinski definition) is 6. The Hall–Kier alpha value is -2.65. The molecule has 184 valence electrons. The Morgan fingerprint density at radius 1 is 1.12 bits per heavy atom. The number of aromatic nitrogens is 1. The van der Waals surface area contributed by atoms with Crippen molar-refractivity contribution < 1.29 is 22.5 Å². The van der Waals surface area contributed by atoms with Crippen LogP contribution in [0.5, 0.6) is 5.75 Å². The minimum atomic E-state index is -3.81. The number of nitrogens with one attached hydrogen (secondary N) is 1. The second kappa shape index (κ2) is 10.7. The number of aryl methyl sites for hydroxylation is 1. The molecule has 0 bridgehead atoms. The van der Waals surface area contributed by atoms with Crippen LogP contribution in [0.25, 0.3) is 12.2 Å². The third-order valence-electron chi connectivity index (χ3n) is 6.76.